The average molecular weight is 394 g/mol. The van der Waals surface area contributed by atoms with E-state index in [0.717, 1.165) is 47.8 Å². The van der Waals surface area contributed by atoms with Crippen molar-refractivity contribution in [2.24, 2.45) is 0 Å². The summed E-state index contributed by atoms with van der Waals surface area (Å²) in [4.78, 5) is 19.5. The lowest BCUT2D eigenvalue weighted by Crippen LogP contribution is -2.20. The number of nitrogens with one attached hydrogen (secondary N) is 2. The van der Waals surface area contributed by atoms with Gasteiger partial charge in [0.1, 0.15) is 5.00 Å². The van der Waals surface area contributed by atoms with E-state index in [-0.39, 0.29) is 5.97 Å². The quantitative estimate of drug-likeness (QED) is 0.603. The molecule has 2 heterocycles. The molecule has 0 aliphatic heterocycles. The first-order valence-corrected chi connectivity index (χ1v) is 10.5. The maximum absolute atomic E-state index is 12.2. The molecule has 0 fully saturated rings. The number of carbonyl (C=O) groups is 1. The molecule has 2 aromatic rings. The number of aryl methyl sites for hydroxylation is 3. The van der Waals surface area contributed by atoms with E-state index in [1.165, 1.54) is 35.4 Å². The van der Waals surface area contributed by atoms with Crippen molar-refractivity contribution >= 4 is 56.1 Å². The van der Waals surface area contributed by atoms with E-state index in [2.05, 4.69) is 15.6 Å². The number of nitrogens with zero attached hydrogens (tertiary/aromatic N) is 1. The normalized spacial score (nSPS) is 15.4. The standard InChI is InChI=1S/C17H19N3O2S3/c1-22-15(21)13-9-5-4-8-11(9)24-14(13)19-16(23)20-17-18-10-6-2-3-7-12(10)25-17/h2-8H2,1H3,(H2,18,19,20,23). The van der Waals surface area contributed by atoms with Crippen molar-refractivity contribution in [3.8, 4) is 0 Å². The van der Waals surface area contributed by atoms with Crippen molar-refractivity contribution in [3.63, 3.8) is 0 Å². The van der Waals surface area contributed by atoms with Crippen LogP contribution in [0.4, 0.5) is 10.1 Å². The highest BCUT2D eigenvalue weighted by Gasteiger charge is 2.27. The summed E-state index contributed by atoms with van der Waals surface area (Å²) in [5, 5.41) is 8.44. The monoisotopic (exact) mass is 393 g/mol. The summed E-state index contributed by atoms with van der Waals surface area (Å²) < 4.78 is 4.97. The smallest absolute Gasteiger partial charge is 0.341 e. The van der Waals surface area contributed by atoms with Gasteiger partial charge in [-0.05, 0) is 62.7 Å². The number of anilines is 2. The third kappa shape index (κ3) is 3.30. The summed E-state index contributed by atoms with van der Waals surface area (Å²) in [6, 6.07) is 0. The molecule has 8 heteroatoms. The van der Waals surface area contributed by atoms with Crippen LogP contribution in [0.5, 0.6) is 0 Å². The highest BCUT2D eigenvalue weighted by atomic mass is 32.1. The van der Waals surface area contributed by atoms with Gasteiger partial charge in [0.2, 0.25) is 0 Å². The van der Waals surface area contributed by atoms with Gasteiger partial charge in [-0.2, -0.15) is 0 Å². The van der Waals surface area contributed by atoms with E-state index >= 15 is 0 Å². The number of thiocarbonyl (C=S) groups is 1. The van der Waals surface area contributed by atoms with Gasteiger partial charge in [0.15, 0.2) is 10.2 Å². The maximum Gasteiger partial charge on any atom is 0.341 e. The highest BCUT2D eigenvalue weighted by Crippen LogP contribution is 2.39. The zero-order chi connectivity index (χ0) is 17.4. The minimum atomic E-state index is -0.297. The molecule has 2 aromatic heterocycles. The van der Waals surface area contributed by atoms with Gasteiger partial charge in [-0.25, -0.2) is 9.78 Å². The Morgan fingerprint density at radius 3 is 2.68 bits per heavy atom. The van der Waals surface area contributed by atoms with Gasteiger partial charge >= 0.3 is 5.97 Å². The molecule has 2 aliphatic carbocycles. The molecule has 5 nitrogen and oxygen atoms in total. The van der Waals surface area contributed by atoms with Crippen LogP contribution >= 0.6 is 34.9 Å². The fourth-order valence-corrected chi connectivity index (χ4v) is 6.11. The molecular formula is C17H19N3O2S3. The summed E-state index contributed by atoms with van der Waals surface area (Å²) in [6.07, 6.45) is 7.65. The minimum absolute atomic E-state index is 0.297. The number of hydrogen-bond acceptors (Lipinski definition) is 6. The summed E-state index contributed by atoms with van der Waals surface area (Å²) in [5.41, 5.74) is 2.96. The van der Waals surface area contributed by atoms with Crippen molar-refractivity contribution in [3.05, 3.63) is 26.6 Å². The molecule has 132 valence electrons. The van der Waals surface area contributed by atoms with Crippen molar-refractivity contribution < 1.29 is 9.53 Å². The Kier molecular flexibility index (Phi) is 4.75. The number of carbonyl (C=O) groups excluding carboxylic acids is 1. The van der Waals surface area contributed by atoms with E-state index in [1.54, 1.807) is 22.7 Å². The molecule has 0 saturated carbocycles. The van der Waals surface area contributed by atoms with Gasteiger partial charge in [-0.15, -0.1) is 22.7 Å². The van der Waals surface area contributed by atoms with E-state index in [4.69, 9.17) is 17.0 Å². The van der Waals surface area contributed by atoms with Crippen LogP contribution in [-0.2, 0) is 30.4 Å². The predicted octanol–water partition coefficient (Wildman–Crippen LogP) is 4.17. The van der Waals surface area contributed by atoms with Crippen molar-refractivity contribution in [1.82, 2.24) is 4.98 Å². The maximum atomic E-state index is 12.2. The fraction of sp³-hybridized carbons (Fsp3) is 0.471. The molecule has 2 aliphatic rings. The number of thiophene rings is 1. The number of hydrogen-bond donors (Lipinski definition) is 2. The topological polar surface area (TPSA) is 63.2 Å². The first kappa shape index (κ1) is 16.9. The second-order valence-corrected chi connectivity index (χ2v) is 8.83. The van der Waals surface area contributed by atoms with Gasteiger partial charge in [0.05, 0.1) is 18.4 Å². The van der Waals surface area contributed by atoms with E-state index in [1.807, 2.05) is 0 Å². The van der Waals surface area contributed by atoms with Gasteiger partial charge in [-0.3, -0.25) is 0 Å². The molecule has 4 rings (SSSR count). The molecule has 0 aromatic carbocycles. The number of esters is 1. The summed E-state index contributed by atoms with van der Waals surface area (Å²) in [6.45, 7) is 0. The van der Waals surface area contributed by atoms with Crippen molar-refractivity contribution in [1.29, 1.82) is 0 Å². The van der Waals surface area contributed by atoms with Crippen LogP contribution in [0.15, 0.2) is 0 Å². The number of fused-ring (bicyclic) bond motifs is 2. The van der Waals surface area contributed by atoms with Crippen LogP contribution in [0, 0.1) is 0 Å². The van der Waals surface area contributed by atoms with Crippen LogP contribution < -0.4 is 10.6 Å². The molecule has 25 heavy (non-hydrogen) atoms. The Morgan fingerprint density at radius 2 is 1.88 bits per heavy atom. The number of ether oxygens (including phenoxy) is 1. The Morgan fingerprint density at radius 1 is 1.08 bits per heavy atom. The second kappa shape index (κ2) is 7.01. The van der Waals surface area contributed by atoms with Crippen molar-refractivity contribution in [2.75, 3.05) is 17.7 Å². The van der Waals surface area contributed by atoms with Crippen LogP contribution in [0.1, 0.15) is 50.6 Å². The molecule has 0 radical (unpaired) electrons. The van der Waals surface area contributed by atoms with Crippen LogP contribution in [0.25, 0.3) is 0 Å². The Bertz CT molecular complexity index is 817. The number of rotatable bonds is 3. The van der Waals surface area contributed by atoms with Crippen molar-refractivity contribution in [2.45, 2.75) is 44.9 Å². The SMILES string of the molecule is COC(=O)c1c(NC(=S)Nc2nc3c(s2)CCCC3)sc2c1CCC2. The average Bonchev–Trinajstić information content (AvgIpc) is 3.27. The van der Waals surface area contributed by atoms with Gasteiger partial charge in [0.25, 0.3) is 0 Å². The minimum Gasteiger partial charge on any atom is -0.465 e. The second-order valence-electron chi connectivity index (χ2n) is 6.23. The lowest BCUT2D eigenvalue weighted by molar-refractivity contribution is 0.0601. The molecule has 0 amide bonds. The van der Waals surface area contributed by atoms with E-state index in [9.17, 15) is 4.79 Å². The number of methoxy groups -OCH3 is 1. The van der Waals surface area contributed by atoms with Gasteiger partial charge in [-0.1, -0.05) is 0 Å². The van der Waals surface area contributed by atoms with E-state index < -0.39 is 0 Å². The van der Waals surface area contributed by atoms with E-state index in [0.29, 0.717) is 10.7 Å². The third-order valence-corrected chi connectivity index (χ3v) is 7.09. The summed E-state index contributed by atoms with van der Waals surface area (Å²) in [7, 11) is 1.42. The first-order valence-electron chi connectivity index (χ1n) is 8.45. The third-order valence-electron chi connectivity index (χ3n) is 4.60. The number of thiazole rings is 1. The zero-order valence-electron chi connectivity index (χ0n) is 13.9. The van der Waals surface area contributed by atoms with Crippen LogP contribution in [0.3, 0.4) is 0 Å². The lowest BCUT2D eigenvalue weighted by Gasteiger charge is -2.09. The van der Waals surface area contributed by atoms with Crippen LogP contribution in [-0.4, -0.2) is 23.2 Å². The lowest BCUT2D eigenvalue weighted by atomic mass is 10.0. The Labute approximate surface area is 159 Å². The highest BCUT2D eigenvalue weighted by molar-refractivity contribution is 7.80. The first-order chi connectivity index (χ1) is 12.2. The zero-order valence-corrected chi connectivity index (χ0v) is 16.4. The predicted molar refractivity (Wildman–Crippen MR) is 106 cm³/mol. The Balaban J connectivity index is 1.51. The Hall–Kier alpha value is -1.51. The van der Waals surface area contributed by atoms with Gasteiger partial charge in [0, 0.05) is 9.75 Å². The molecular weight excluding hydrogens is 374 g/mol. The molecule has 0 atom stereocenters. The van der Waals surface area contributed by atoms with Crippen LogP contribution in [0.2, 0.25) is 0 Å². The molecule has 0 unspecified atom stereocenters. The summed E-state index contributed by atoms with van der Waals surface area (Å²) in [5.74, 6) is -0.297. The van der Waals surface area contributed by atoms with Gasteiger partial charge < -0.3 is 15.4 Å². The summed E-state index contributed by atoms with van der Waals surface area (Å²) >= 11 is 8.72. The molecule has 0 bridgehead atoms. The largest absolute Gasteiger partial charge is 0.465 e. The molecule has 2 N–H and O–H groups in total. The molecule has 0 spiro atoms. The molecule has 0 saturated heterocycles. The number of aromatic nitrogens is 1. The fourth-order valence-electron chi connectivity index (χ4n) is 3.45.